The van der Waals surface area contributed by atoms with E-state index in [9.17, 15) is 9.59 Å². The van der Waals surface area contributed by atoms with Crippen LogP contribution in [0.4, 0.5) is 0 Å². The normalized spacial score (nSPS) is 22.9. The Kier molecular flexibility index (Phi) is 4.82. The summed E-state index contributed by atoms with van der Waals surface area (Å²) in [5.41, 5.74) is 1.26. The van der Waals surface area contributed by atoms with Crippen molar-refractivity contribution >= 4 is 22.8 Å². The summed E-state index contributed by atoms with van der Waals surface area (Å²) in [5.74, 6) is -0.120. The fourth-order valence-corrected chi connectivity index (χ4v) is 3.94. The van der Waals surface area contributed by atoms with Crippen LogP contribution in [-0.2, 0) is 4.79 Å². The van der Waals surface area contributed by atoms with Crippen LogP contribution in [0.5, 0.6) is 0 Å². The lowest BCUT2D eigenvalue weighted by Crippen LogP contribution is -2.43. The molecule has 2 aromatic rings. The number of nitrogens with one attached hydrogen (secondary N) is 1. The van der Waals surface area contributed by atoms with Gasteiger partial charge in [0.15, 0.2) is 0 Å². The predicted molar refractivity (Wildman–Crippen MR) is 98.9 cm³/mol. The molecule has 0 saturated carbocycles. The minimum absolute atomic E-state index is 0.00861. The number of hydrogen-bond acceptors (Lipinski definition) is 5. The summed E-state index contributed by atoms with van der Waals surface area (Å²) in [7, 11) is 0. The van der Waals surface area contributed by atoms with Crippen LogP contribution >= 0.6 is 0 Å². The van der Waals surface area contributed by atoms with Crippen molar-refractivity contribution < 1.29 is 14.0 Å². The van der Waals surface area contributed by atoms with Gasteiger partial charge >= 0.3 is 0 Å². The van der Waals surface area contributed by atoms with Crippen LogP contribution in [0.25, 0.3) is 11.0 Å². The standard InChI is InChI=1S/C20H22N4O3/c21-11-17-2-1-7-24(17)19(25)13-23-8-5-16(12-23)22-20(26)15-4-3-14-6-9-27-18(14)10-15/h3-4,6,9-10,16-17H,1-2,5,7-8,12-13H2,(H,22,26). The summed E-state index contributed by atoms with van der Waals surface area (Å²) in [5, 5.41) is 13.1. The molecule has 2 atom stereocenters. The summed E-state index contributed by atoms with van der Waals surface area (Å²) < 4.78 is 5.35. The van der Waals surface area contributed by atoms with Gasteiger partial charge in [0.05, 0.1) is 18.9 Å². The Morgan fingerprint density at radius 1 is 1.26 bits per heavy atom. The third-order valence-corrected chi connectivity index (χ3v) is 5.41. The fourth-order valence-electron chi connectivity index (χ4n) is 3.94. The molecular weight excluding hydrogens is 344 g/mol. The lowest BCUT2D eigenvalue weighted by Gasteiger charge is -2.23. The van der Waals surface area contributed by atoms with E-state index >= 15 is 0 Å². The third kappa shape index (κ3) is 3.67. The second-order valence-corrected chi connectivity index (χ2v) is 7.24. The van der Waals surface area contributed by atoms with E-state index in [0.717, 1.165) is 31.2 Å². The monoisotopic (exact) mass is 366 g/mol. The van der Waals surface area contributed by atoms with E-state index in [2.05, 4.69) is 16.3 Å². The van der Waals surface area contributed by atoms with Crippen LogP contribution in [0.1, 0.15) is 29.6 Å². The Hall–Kier alpha value is -2.85. The molecule has 4 rings (SSSR count). The Labute approximate surface area is 157 Å². The second kappa shape index (κ2) is 7.41. The van der Waals surface area contributed by atoms with Gasteiger partial charge in [0.25, 0.3) is 5.91 Å². The van der Waals surface area contributed by atoms with Gasteiger partial charge in [0, 0.05) is 36.6 Å². The lowest BCUT2D eigenvalue weighted by molar-refractivity contribution is -0.132. The minimum atomic E-state index is -0.285. The number of likely N-dealkylation sites (tertiary alicyclic amines) is 2. The van der Waals surface area contributed by atoms with Crippen LogP contribution in [0.2, 0.25) is 0 Å². The molecule has 0 bridgehead atoms. The van der Waals surface area contributed by atoms with Crippen LogP contribution in [0, 0.1) is 11.3 Å². The molecule has 140 valence electrons. The van der Waals surface area contributed by atoms with Gasteiger partial charge < -0.3 is 14.6 Å². The molecule has 7 heteroatoms. The number of fused-ring (bicyclic) bond motifs is 1. The fraction of sp³-hybridized carbons (Fsp3) is 0.450. The van der Waals surface area contributed by atoms with Crippen molar-refractivity contribution in [3.8, 4) is 6.07 Å². The maximum atomic E-state index is 12.5. The molecule has 7 nitrogen and oxygen atoms in total. The Balaban J connectivity index is 1.31. The average molecular weight is 366 g/mol. The van der Waals surface area contributed by atoms with Crippen molar-refractivity contribution in [2.24, 2.45) is 0 Å². The first-order valence-electron chi connectivity index (χ1n) is 9.33. The van der Waals surface area contributed by atoms with Gasteiger partial charge in [-0.25, -0.2) is 0 Å². The van der Waals surface area contributed by atoms with E-state index < -0.39 is 0 Å². The summed E-state index contributed by atoms with van der Waals surface area (Å²) in [6.45, 7) is 2.38. The molecule has 2 saturated heterocycles. The number of rotatable bonds is 4. The zero-order valence-corrected chi connectivity index (χ0v) is 15.1. The molecular formula is C20H22N4O3. The van der Waals surface area contributed by atoms with E-state index in [1.165, 1.54) is 0 Å². The number of carbonyl (C=O) groups is 2. The first-order valence-corrected chi connectivity index (χ1v) is 9.33. The molecule has 27 heavy (non-hydrogen) atoms. The maximum absolute atomic E-state index is 12.5. The molecule has 2 fully saturated rings. The van der Waals surface area contributed by atoms with E-state index in [1.54, 1.807) is 23.3 Å². The van der Waals surface area contributed by atoms with E-state index in [0.29, 0.717) is 30.8 Å². The molecule has 2 aliphatic rings. The minimum Gasteiger partial charge on any atom is -0.464 e. The molecule has 2 aliphatic heterocycles. The van der Waals surface area contributed by atoms with Crippen molar-refractivity contribution in [2.75, 3.05) is 26.2 Å². The van der Waals surface area contributed by atoms with E-state index in [1.807, 2.05) is 12.1 Å². The van der Waals surface area contributed by atoms with Crippen LogP contribution in [-0.4, -0.2) is 59.9 Å². The number of hydrogen-bond donors (Lipinski definition) is 1. The maximum Gasteiger partial charge on any atom is 0.251 e. The van der Waals surface area contributed by atoms with E-state index in [-0.39, 0.29) is 23.9 Å². The van der Waals surface area contributed by atoms with Crippen LogP contribution in [0.3, 0.4) is 0 Å². The highest BCUT2D eigenvalue weighted by atomic mass is 16.3. The van der Waals surface area contributed by atoms with Gasteiger partial charge in [-0.2, -0.15) is 5.26 Å². The van der Waals surface area contributed by atoms with Crippen molar-refractivity contribution in [3.63, 3.8) is 0 Å². The van der Waals surface area contributed by atoms with Gasteiger partial charge in [-0.1, -0.05) is 6.07 Å². The highest BCUT2D eigenvalue weighted by Crippen LogP contribution is 2.19. The zero-order valence-electron chi connectivity index (χ0n) is 15.1. The number of furan rings is 1. The van der Waals surface area contributed by atoms with E-state index in [4.69, 9.17) is 9.68 Å². The van der Waals surface area contributed by atoms with Crippen molar-refractivity contribution in [1.82, 2.24) is 15.1 Å². The predicted octanol–water partition coefficient (Wildman–Crippen LogP) is 1.75. The quantitative estimate of drug-likeness (QED) is 0.890. The Morgan fingerprint density at radius 3 is 3.00 bits per heavy atom. The molecule has 0 spiro atoms. The molecule has 0 aliphatic carbocycles. The second-order valence-electron chi connectivity index (χ2n) is 7.24. The Morgan fingerprint density at radius 2 is 2.15 bits per heavy atom. The number of carbonyl (C=O) groups excluding carboxylic acids is 2. The van der Waals surface area contributed by atoms with Gasteiger partial charge in [0.1, 0.15) is 11.6 Å². The molecule has 3 heterocycles. The molecule has 1 N–H and O–H groups in total. The zero-order chi connectivity index (χ0) is 18.8. The number of amides is 2. The first kappa shape index (κ1) is 17.6. The summed E-state index contributed by atoms with van der Waals surface area (Å²) >= 11 is 0. The topological polar surface area (TPSA) is 89.6 Å². The summed E-state index contributed by atoms with van der Waals surface area (Å²) in [6, 6.07) is 9.21. The SMILES string of the molecule is N#CC1CCCN1C(=O)CN1CCC(NC(=O)c2ccc3ccoc3c2)C1. The molecule has 2 amide bonds. The first-order chi connectivity index (χ1) is 13.1. The molecule has 0 radical (unpaired) electrons. The van der Waals surface area contributed by atoms with Crippen molar-refractivity contribution in [3.05, 3.63) is 36.1 Å². The van der Waals surface area contributed by atoms with Gasteiger partial charge in [0.2, 0.25) is 5.91 Å². The molecule has 1 aromatic heterocycles. The van der Waals surface area contributed by atoms with Gasteiger partial charge in [-0.3, -0.25) is 14.5 Å². The van der Waals surface area contributed by atoms with Crippen molar-refractivity contribution in [1.29, 1.82) is 5.26 Å². The van der Waals surface area contributed by atoms with Gasteiger partial charge in [-0.05, 0) is 37.5 Å². The largest absolute Gasteiger partial charge is 0.464 e. The number of nitriles is 1. The third-order valence-electron chi connectivity index (χ3n) is 5.41. The highest BCUT2D eigenvalue weighted by Gasteiger charge is 2.31. The van der Waals surface area contributed by atoms with Crippen molar-refractivity contribution in [2.45, 2.75) is 31.3 Å². The smallest absolute Gasteiger partial charge is 0.251 e. The Bertz CT molecular complexity index is 900. The highest BCUT2D eigenvalue weighted by molar-refractivity contribution is 5.97. The summed E-state index contributed by atoms with van der Waals surface area (Å²) in [4.78, 5) is 28.7. The van der Waals surface area contributed by atoms with Gasteiger partial charge in [-0.15, -0.1) is 0 Å². The van der Waals surface area contributed by atoms with Crippen LogP contribution < -0.4 is 5.32 Å². The lowest BCUT2D eigenvalue weighted by atomic mass is 10.1. The summed E-state index contributed by atoms with van der Waals surface area (Å²) in [6.07, 6.45) is 4.07. The number of nitrogens with zero attached hydrogens (tertiary/aromatic N) is 3. The molecule has 2 unspecified atom stereocenters. The van der Waals surface area contributed by atoms with Crippen LogP contribution in [0.15, 0.2) is 34.9 Å². The molecule has 1 aromatic carbocycles. The average Bonchev–Trinajstić information content (AvgIpc) is 3.41. The number of benzene rings is 1.